The number of ether oxygens (including phenoxy) is 1. The van der Waals surface area contributed by atoms with Crippen LogP contribution < -0.4 is 0 Å². The van der Waals surface area contributed by atoms with E-state index in [1.165, 1.54) is 0 Å². The first kappa shape index (κ1) is 17.2. The van der Waals surface area contributed by atoms with Crippen LogP contribution in [0.4, 0.5) is 0 Å². The van der Waals surface area contributed by atoms with Crippen LogP contribution in [0.5, 0.6) is 0 Å². The Labute approximate surface area is 140 Å². The van der Waals surface area contributed by atoms with E-state index in [1.54, 1.807) is 0 Å². The summed E-state index contributed by atoms with van der Waals surface area (Å²) < 4.78 is 6.55. The average molecular weight is 320 g/mol. The first-order valence-corrected chi connectivity index (χ1v) is 9.11. The Hall–Kier alpha value is -0.670. The molecule has 3 heteroatoms. The molecule has 130 valence electrons. The van der Waals surface area contributed by atoms with Gasteiger partial charge in [-0.15, -0.1) is 6.58 Å². The molecule has 0 aromatic heterocycles. The van der Waals surface area contributed by atoms with Crippen molar-refractivity contribution in [1.29, 1.82) is 0 Å². The summed E-state index contributed by atoms with van der Waals surface area (Å²) >= 11 is 0. The molecule has 3 fully saturated rings. The molecular formula is C20H32O3. The molecule has 23 heavy (non-hydrogen) atoms. The lowest BCUT2D eigenvalue weighted by Crippen LogP contribution is -2.65. The molecule has 0 spiro atoms. The van der Waals surface area contributed by atoms with Crippen molar-refractivity contribution in [3.63, 3.8) is 0 Å². The minimum atomic E-state index is -0.370. The fourth-order valence-electron chi connectivity index (χ4n) is 6.16. The van der Waals surface area contributed by atoms with E-state index < -0.39 is 0 Å². The smallest absolute Gasteiger partial charge is 0.139 e. The second-order valence-electron chi connectivity index (χ2n) is 9.13. The Bertz CT molecular complexity index is 529. The highest BCUT2D eigenvalue weighted by Crippen LogP contribution is 2.64. The molecule has 0 amide bonds. The third-order valence-electron chi connectivity index (χ3n) is 7.67. The van der Waals surface area contributed by atoms with Gasteiger partial charge in [-0.2, -0.15) is 0 Å². The summed E-state index contributed by atoms with van der Waals surface area (Å²) in [7, 11) is 0. The Kier molecular flexibility index (Phi) is 3.85. The van der Waals surface area contributed by atoms with Gasteiger partial charge in [-0.1, -0.05) is 19.9 Å². The van der Waals surface area contributed by atoms with Gasteiger partial charge in [-0.3, -0.25) is 4.79 Å². The molecule has 3 nitrogen and oxygen atoms in total. The molecule has 2 saturated carbocycles. The van der Waals surface area contributed by atoms with Crippen LogP contribution in [0.25, 0.3) is 0 Å². The fraction of sp³-hybridized carbons (Fsp3) is 0.850. The Morgan fingerprint density at radius 2 is 1.83 bits per heavy atom. The van der Waals surface area contributed by atoms with Gasteiger partial charge in [0.15, 0.2) is 0 Å². The quantitative estimate of drug-likeness (QED) is 0.785. The predicted molar refractivity (Wildman–Crippen MR) is 91.1 cm³/mol. The van der Waals surface area contributed by atoms with Crippen molar-refractivity contribution in [3.05, 3.63) is 12.7 Å². The average Bonchev–Trinajstić information content (AvgIpc) is 2.50. The molecule has 0 aromatic carbocycles. The molecule has 1 N–H and O–H groups in total. The van der Waals surface area contributed by atoms with Crippen LogP contribution in [0.1, 0.15) is 66.2 Å². The Morgan fingerprint density at radius 1 is 1.17 bits per heavy atom. The minimum absolute atomic E-state index is 0.136. The number of hydrogen-bond acceptors (Lipinski definition) is 3. The van der Waals surface area contributed by atoms with Crippen molar-refractivity contribution in [1.82, 2.24) is 0 Å². The van der Waals surface area contributed by atoms with E-state index >= 15 is 0 Å². The van der Waals surface area contributed by atoms with Crippen molar-refractivity contribution < 1.29 is 14.6 Å². The van der Waals surface area contributed by atoms with Gasteiger partial charge in [0, 0.05) is 24.4 Å². The standard InChI is InChI=1S/C20H32O3/c1-6-18(3)11-7-15-19(4,23-18)12-8-14-17(2,13-21)10-9-16(22)20(14,15)5/h6,14-15,21H,1,7-13H2,2-5H3/t14?,15-,17-,18-,19+,20-/m0/s1. The van der Waals surface area contributed by atoms with Crippen LogP contribution >= 0.6 is 0 Å². The number of aliphatic hydroxyl groups excluding tert-OH is 1. The van der Waals surface area contributed by atoms with Crippen molar-refractivity contribution in [2.75, 3.05) is 6.61 Å². The van der Waals surface area contributed by atoms with E-state index in [4.69, 9.17) is 4.74 Å². The van der Waals surface area contributed by atoms with Gasteiger partial charge in [0.1, 0.15) is 5.78 Å². The number of fused-ring (bicyclic) bond motifs is 3. The number of ketones is 1. The molecule has 6 atom stereocenters. The van der Waals surface area contributed by atoms with E-state index in [0.29, 0.717) is 12.2 Å². The number of carbonyl (C=O) groups is 1. The highest BCUT2D eigenvalue weighted by molar-refractivity contribution is 5.86. The lowest BCUT2D eigenvalue weighted by molar-refractivity contribution is -0.249. The van der Waals surface area contributed by atoms with E-state index in [-0.39, 0.29) is 40.5 Å². The van der Waals surface area contributed by atoms with Crippen LogP contribution in [0.15, 0.2) is 12.7 Å². The molecule has 0 aromatic rings. The lowest BCUT2D eigenvalue weighted by atomic mass is 9.43. The predicted octanol–water partition coefficient (Wildman–Crippen LogP) is 3.89. The van der Waals surface area contributed by atoms with Crippen molar-refractivity contribution in [3.8, 4) is 0 Å². The van der Waals surface area contributed by atoms with Gasteiger partial charge in [0.05, 0.1) is 11.2 Å². The maximum absolute atomic E-state index is 13.0. The van der Waals surface area contributed by atoms with Crippen molar-refractivity contribution in [2.45, 2.75) is 77.4 Å². The van der Waals surface area contributed by atoms with Gasteiger partial charge in [0.2, 0.25) is 0 Å². The number of rotatable bonds is 2. The second kappa shape index (κ2) is 5.16. The first-order valence-electron chi connectivity index (χ1n) is 9.11. The van der Waals surface area contributed by atoms with Gasteiger partial charge >= 0.3 is 0 Å². The summed E-state index contributed by atoms with van der Waals surface area (Å²) in [5.41, 5.74) is -1.06. The second-order valence-corrected chi connectivity index (χ2v) is 9.13. The van der Waals surface area contributed by atoms with E-state index in [2.05, 4.69) is 34.3 Å². The van der Waals surface area contributed by atoms with Gasteiger partial charge in [-0.05, 0) is 57.3 Å². The highest BCUT2D eigenvalue weighted by Gasteiger charge is 2.65. The normalized spacial score (nSPS) is 53.3. The van der Waals surface area contributed by atoms with Crippen molar-refractivity contribution in [2.24, 2.45) is 22.7 Å². The monoisotopic (exact) mass is 320 g/mol. The van der Waals surface area contributed by atoms with E-state index in [9.17, 15) is 9.90 Å². The van der Waals surface area contributed by atoms with Crippen LogP contribution in [-0.2, 0) is 9.53 Å². The number of carbonyl (C=O) groups excluding carboxylic acids is 1. The summed E-state index contributed by atoms with van der Waals surface area (Å²) in [6.45, 7) is 12.8. The van der Waals surface area contributed by atoms with E-state index in [1.807, 2.05) is 6.08 Å². The zero-order valence-corrected chi connectivity index (χ0v) is 15.2. The Morgan fingerprint density at radius 3 is 2.43 bits per heavy atom. The van der Waals surface area contributed by atoms with Gasteiger partial charge in [-0.25, -0.2) is 0 Å². The molecule has 3 rings (SSSR count). The topological polar surface area (TPSA) is 46.5 Å². The van der Waals surface area contributed by atoms with Gasteiger partial charge in [0.25, 0.3) is 0 Å². The molecule has 2 aliphatic carbocycles. The van der Waals surface area contributed by atoms with Crippen molar-refractivity contribution >= 4 is 5.78 Å². The summed E-state index contributed by atoms with van der Waals surface area (Å²) in [4.78, 5) is 13.0. The summed E-state index contributed by atoms with van der Waals surface area (Å²) in [5.74, 6) is 0.881. The SMILES string of the molecule is C=C[C@@]1(C)CC[C@H]2[C@@](C)(CCC3[C@](C)(CO)CCC(=O)[C@@]32C)O1. The number of aliphatic hydroxyl groups is 1. The lowest BCUT2D eigenvalue weighted by Gasteiger charge is -2.64. The van der Waals surface area contributed by atoms with Crippen LogP contribution in [0.2, 0.25) is 0 Å². The fourth-order valence-corrected chi connectivity index (χ4v) is 6.16. The Balaban J connectivity index is 2.01. The largest absolute Gasteiger partial charge is 0.396 e. The van der Waals surface area contributed by atoms with E-state index in [0.717, 1.165) is 32.1 Å². The molecule has 0 radical (unpaired) electrons. The molecular weight excluding hydrogens is 288 g/mol. The van der Waals surface area contributed by atoms with Crippen LogP contribution in [-0.4, -0.2) is 28.7 Å². The summed E-state index contributed by atoms with van der Waals surface area (Å²) in [6, 6.07) is 0. The zero-order chi connectivity index (χ0) is 17.1. The van der Waals surface area contributed by atoms with Crippen LogP contribution in [0.3, 0.4) is 0 Å². The molecule has 1 heterocycles. The molecule has 3 aliphatic rings. The number of Topliss-reactive ketones (excluding diaryl/α,β-unsaturated/α-hetero) is 1. The molecule has 1 unspecified atom stereocenters. The third-order valence-corrected chi connectivity index (χ3v) is 7.67. The summed E-state index contributed by atoms with van der Waals surface area (Å²) in [5, 5.41) is 10.0. The maximum Gasteiger partial charge on any atom is 0.139 e. The first-order chi connectivity index (χ1) is 10.6. The van der Waals surface area contributed by atoms with Gasteiger partial charge < -0.3 is 9.84 Å². The number of hydrogen-bond donors (Lipinski definition) is 1. The highest BCUT2D eigenvalue weighted by atomic mass is 16.5. The molecule has 1 aliphatic heterocycles. The molecule has 1 saturated heterocycles. The third kappa shape index (κ3) is 2.26. The minimum Gasteiger partial charge on any atom is -0.396 e. The van der Waals surface area contributed by atoms with Crippen LogP contribution in [0, 0.1) is 22.7 Å². The summed E-state index contributed by atoms with van der Waals surface area (Å²) in [6.07, 6.45) is 7.17. The zero-order valence-electron chi connectivity index (χ0n) is 15.2. The maximum atomic E-state index is 13.0. The molecule has 0 bridgehead atoms.